The van der Waals surface area contributed by atoms with E-state index in [4.69, 9.17) is 9.78 Å². The molecule has 124 valence electrons. The van der Waals surface area contributed by atoms with Gasteiger partial charge in [0, 0.05) is 25.4 Å². The third-order valence-electron chi connectivity index (χ3n) is 4.29. The van der Waals surface area contributed by atoms with E-state index >= 15 is 0 Å². The lowest BCUT2D eigenvalue weighted by Gasteiger charge is -2.31. The number of nitriles is 1. The van der Waals surface area contributed by atoms with E-state index in [1.165, 1.54) is 0 Å². The molecule has 3 rings (SSSR count). The lowest BCUT2D eigenvalue weighted by atomic mass is 9.97. The van der Waals surface area contributed by atoms with Crippen LogP contribution < -0.4 is 0 Å². The fourth-order valence-electron chi connectivity index (χ4n) is 2.91. The zero-order chi connectivity index (χ0) is 17.1. The molecular formula is C17H19N5O2. The molecular weight excluding hydrogens is 306 g/mol. The van der Waals surface area contributed by atoms with Crippen molar-refractivity contribution in [1.82, 2.24) is 20.0 Å². The Morgan fingerprint density at radius 2 is 2.29 bits per heavy atom. The Morgan fingerprint density at radius 1 is 1.46 bits per heavy atom. The molecule has 1 fully saturated rings. The summed E-state index contributed by atoms with van der Waals surface area (Å²) in [5, 5.41) is 13.0. The molecule has 2 aromatic rings. The molecule has 0 saturated carbocycles. The van der Waals surface area contributed by atoms with E-state index in [1.54, 1.807) is 24.0 Å². The summed E-state index contributed by atoms with van der Waals surface area (Å²) in [6.07, 6.45) is 2.53. The maximum absolute atomic E-state index is 12.7. The summed E-state index contributed by atoms with van der Waals surface area (Å²) in [5.41, 5.74) is 1.43. The average Bonchev–Trinajstić information content (AvgIpc) is 3.10. The minimum Gasteiger partial charge on any atom is -0.339 e. The van der Waals surface area contributed by atoms with Crippen LogP contribution in [0, 0.1) is 18.3 Å². The van der Waals surface area contributed by atoms with Crippen LogP contribution in [0.4, 0.5) is 0 Å². The molecule has 7 nitrogen and oxygen atoms in total. The Kier molecular flexibility index (Phi) is 4.56. The lowest BCUT2D eigenvalue weighted by Crippen LogP contribution is -2.39. The normalized spacial score (nSPS) is 17.5. The molecule has 1 aliphatic rings. The second kappa shape index (κ2) is 6.79. The van der Waals surface area contributed by atoms with Crippen molar-refractivity contribution in [3.8, 4) is 6.07 Å². The first kappa shape index (κ1) is 16.1. The quantitative estimate of drug-likeness (QED) is 0.858. The highest BCUT2D eigenvalue weighted by molar-refractivity contribution is 5.92. The number of hydrogen-bond donors (Lipinski definition) is 0. The van der Waals surface area contributed by atoms with Crippen molar-refractivity contribution in [2.45, 2.75) is 39.0 Å². The largest absolute Gasteiger partial charge is 0.339 e. The predicted molar refractivity (Wildman–Crippen MR) is 85.2 cm³/mol. The zero-order valence-corrected chi connectivity index (χ0v) is 13.8. The fraction of sp³-hybridized carbons (Fsp3) is 0.471. The zero-order valence-electron chi connectivity index (χ0n) is 13.8. The Hall–Kier alpha value is -2.75. The summed E-state index contributed by atoms with van der Waals surface area (Å²) >= 11 is 0. The predicted octanol–water partition coefficient (Wildman–Crippen LogP) is 2.23. The van der Waals surface area contributed by atoms with Crippen molar-refractivity contribution in [3.05, 3.63) is 40.8 Å². The number of nitrogens with zero attached hydrogens (tertiary/aromatic N) is 5. The molecule has 2 aromatic heterocycles. The molecule has 0 unspecified atom stereocenters. The highest BCUT2D eigenvalue weighted by Crippen LogP contribution is 2.26. The molecule has 0 radical (unpaired) electrons. The summed E-state index contributed by atoms with van der Waals surface area (Å²) in [5.74, 6) is 1.27. The van der Waals surface area contributed by atoms with Crippen molar-refractivity contribution in [3.63, 3.8) is 0 Å². The van der Waals surface area contributed by atoms with E-state index in [2.05, 4.69) is 21.2 Å². The van der Waals surface area contributed by atoms with Crippen molar-refractivity contribution in [2.24, 2.45) is 0 Å². The molecule has 0 spiro atoms. The maximum Gasteiger partial charge on any atom is 0.272 e. The van der Waals surface area contributed by atoms with Crippen LogP contribution >= 0.6 is 0 Å². The summed E-state index contributed by atoms with van der Waals surface area (Å²) in [6, 6.07) is 5.32. The fourth-order valence-corrected chi connectivity index (χ4v) is 2.91. The van der Waals surface area contributed by atoms with E-state index < -0.39 is 0 Å². The number of carbonyl (C=O) groups excluding carboxylic acids is 1. The van der Waals surface area contributed by atoms with Crippen LogP contribution in [0.5, 0.6) is 0 Å². The van der Waals surface area contributed by atoms with Gasteiger partial charge in [-0.25, -0.2) is 4.98 Å². The van der Waals surface area contributed by atoms with Gasteiger partial charge in [0.05, 0.1) is 11.3 Å². The summed E-state index contributed by atoms with van der Waals surface area (Å²) in [7, 11) is 0. The highest BCUT2D eigenvalue weighted by atomic mass is 16.5. The van der Waals surface area contributed by atoms with Gasteiger partial charge in [0.1, 0.15) is 11.8 Å². The first-order chi connectivity index (χ1) is 11.6. The van der Waals surface area contributed by atoms with E-state index in [9.17, 15) is 4.79 Å². The van der Waals surface area contributed by atoms with E-state index in [0.717, 1.165) is 12.8 Å². The molecule has 0 bridgehead atoms. The molecule has 0 aliphatic carbocycles. The maximum atomic E-state index is 12.7. The van der Waals surface area contributed by atoms with Gasteiger partial charge in [-0.3, -0.25) is 4.79 Å². The van der Waals surface area contributed by atoms with Gasteiger partial charge in [0.15, 0.2) is 5.82 Å². The van der Waals surface area contributed by atoms with Crippen LogP contribution in [-0.2, 0) is 6.42 Å². The average molecular weight is 325 g/mol. The van der Waals surface area contributed by atoms with Crippen molar-refractivity contribution in [1.29, 1.82) is 5.26 Å². The van der Waals surface area contributed by atoms with Gasteiger partial charge in [0.25, 0.3) is 5.91 Å². The van der Waals surface area contributed by atoms with Gasteiger partial charge in [-0.1, -0.05) is 12.1 Å². The molecule has 0 N–H and O–H groups in total. The minimum absolute atomic E-state index is 0.0891. The van der Waals surface area contributed by atoms with Crippen molar-refractivity contribution < 1.29 is 9.32 Å². The Bertz CT molecular complexity index is 793. The monoisotopic (exact) mass is 325 g/mol. The lowest BCUT2D eigenvalue weighted by molar-refractivity contribution is 0.0697. The van der Waals surface area contributed by atoms with Crippen molar-refractivity contribution >= 4 is 5.91 Å². The van der Waals surface area contributed by atoms with Gasteiger partial charge >= 0.3 is 0 Å². The third kappa shape index (κ3) is 3.13. The second-order valence-electron chi connectivity index (χ2n) is 5.93. The van der Waals surface area contributed by atoms with E-state index in [0.29, 0.717) is 48.2 Å². The van der Waals surface area contributed by atoms with E-state index in [-0.39, 0.29) is 11.8 Å². The standard InChI is InChI=1S/C17H19N5O2/c1-3-15-20-16(21-24-15)13-5-4-8-22(10-13)17(23)14-7-6-12(9-18)11(2)19-14/h6-7,13H,3-5,8,10H2,1-2H3/t13-/m1/s1. The van der Waals surface area contributed by atoms with Crippen LogP contribution in [0.3, 0.4) is 0 Å². The number of amides is 1. The summed E-state index contributed by atoms with van der Waals surface area (Å²) in [4.78, 5) is 23.1. The first-order valence-corrected chi connectivity index (χ1v) is 8.12. The number of rotatable bonds is 3. The van der Waals surface area contributed by atoms with Crippen molar-refractivity contribution in [2.75, 3.05) is 13.1 Å². The molecule has 1 saturated heterocycles. The van der Waals surface area contributed by atoms with Gasteiger partial charge < -0.3 is 9.42 Å². The number of aryl methyl sites for hydroxylation is 2. The van der Waals surface area contributed by atoms with Crippen LogP contribution in [0.25, 0.3) is 0 Å². The summed E-state index contributed by atoms with van der Waals surface area (Å²) < 4.78 is 5.18. The molecule has 7 heteroatoms. The van der Waals surface area contributed by atoms with Crippen LogP contribution in [0.1, 0.15) is 59.1 Å². The number of hydrogen-bond acceptors (Lipinski definition) is 6. The number of likely N-dealkylation sites (tertiary alicyclic amines) is 1. The van der Waals surface area contributed by atoms with Gasteiger partial charge in [0.2, 0.25) is 5.89 Å². The number of carbonyl (C=O) groups is 1. The van der Waals surface area contributed by atoms with Crippen LogP contribution in [0.15, 0.2) is 16.7 Å². The molecule has 24 heavy (non-hydrogen) atoms. The van der Waals surface area contributed by atoms with Gasteiger partial charge in [-0.2, -0.15) is 10.2 Å². The summed E-state index contributed by atoms with van der Waals surface area (Å²) in [6.45, 7) is 4.95. The van der Waals surface area contributed by atoms with Crippen LogP contribution in [-0.4, -0.2) is 39.0 Å². The van der Waals surface area contributed by atoms with Gasteiger partial charge in [-0.15, -0.1) is 0 Å². The molecule has 0 aromatic carbocycles. The molecule has 1 aliphatic heterocycles. The minimum atomic E-state index is -0.119. The number of pyridine rings is 1. The SMILES string of the molecule is CCc1nc([C@@H]2CCCN(C(=O)c3ccc(C#N)c(C)n3)C2)no1. The molecule has 1 amide bonds. The first-order valence-electron chi connectivity index (χ1n) is 8.12. The Morgan fingerprint density at radius 3 is 2.96 bits per heavy atom. The Labute approximate surface area is 140 Å². The smallest absolute Gasteiger partial charge is 0.272 e. The van der Waals surface area contributed by atoms with E-state index in [1.807, 2.05) is 6.92 Å². The molecule has 1 atom stereocenters. The Balaban J connectivity index is 1.75. The highest BCUT2D eigenvalue weighted by Gasteiger charge is 2.29. The second-order valence-corrected chi connectivity index (χ2v) is 5.93. The molecule has 3 heterocycles. The topological polar surface area (TPSA) is 95.9 Å². The third-order valence-corrected chi connectivity index (χ3v) is 4.29. The number of aromatic nitrogens is 3. The van der Waals surface area contributed by atoms with Crippen LogP contribution in [0.2, 0.25) is 0 Å². The number of piperidine rings is 1. The van der Waals surface area contributed by atoms with Gasteiger partial charge in [-0.05, 0) is 31.9 Å².